The van der Waals surface area contributed by atoms with E-state index in [9.17, 15) is 4.39 Å². The van der Waals surface area contributed by atoms with Gasteiger partial charge in [0.25, 0.3) is 0 Å². The number of hydrogen-bond donors (Lipinski definition) is 0. The Kier molecular flexibility index (Phi) is 5.32. The number of benzene rings is 1. The fraction of sp³-hybridized carbons (Fsp3) is 0.667. The lowest BCUT2D eigenvalue weighted by molar-refractivity contribution is -0.226. The van der Waals surface area contributed by atoms with Crippen LogP contribution in [0.3, 0.4) is 0 Å². The van der Waals surface area contributed by atoms with E-state index in [1.807, 2.05) is 13.0 Å². The van der Waals surface area contributed by atoms with Crippen molar-refractivity contribution in [2.45, 2.75) is 50.9 Å². The Morgan fingerprint density at radius 3 is 2.41 bits per heavy atom. The second kappa shape index (κ2) is 7.24. The summed E-state index contributed by atoms with van der Waals surface area (Å²) in [6.07, 6.45) is 4.47. The normalized spacial score (nSPS) is 33.0. The summed E-state index contributed by atoms with van der Waals surface area (Å²) in [6.45, 7) is 3.56. The molecule has 4 heteroatoms. The largest absolute Gasteiger partial charge is 0.352 e. The van der Waals surface area contributed by atoms with Crippen LogP contribution in [0.25, 0.3) is 0 Å². The zero-order chi connectivity index (χ0) is 15.5. The van der Waals surface area contributed by atoms with Crippen molar-refractivity contribution in [1.29, 1.82) is 0 Å². The van der Waals surface area contributed by atoms with Crippen molar-refractivity contribution >= 4 is 10.2 Å². The van der Waals surface area contributed by atoms with E-state index in [1.54, 1.807) is 6.07 Å². The molecule has 1 saturated heterocycles. The predicted molar refractivity (Wildman–Crippen MR) is 89.8 cm³/mol. The van der Waals surface area contributed by atoms with Gasteiger partial charge >= 0.3 is 0 Å². The SMILES string of the molecule is Cc1ccc(C2CCC(C3OCC(C[SiH3])CO3)CC2)cc1F. The zero-order valence-corrected chi connectivity index (χ0v) is 15.7. The molecule has 3 rings (SSSR count). The van der Waals surface area contributed by atoms with Gasteiger partial charge in [0, 0.05) is 22.1 Å². The first-order valence-corrected chi connectivity index (χ1v) is 10.1. The van der Waals surface area contributed by atoms with Gasteiger partial charge in [-0.1, -0.05) is 18.2 Å². The van der Waals surface area contributed by atoms with E-state index >= 15 is 0 Å². The lowest BCUT2D eigenvalue weighted by Gasteiger charge is -2.37. The van der Waals surface area contributed by atoms with E-state index in [2.05, 4.69) is 6.07 Å². The molecule has 122 valence electrons. The van der Waals surface area contributed by atoms with Crippen molar-refractivity contribution in [3.8, 4) is 0 Å². The molecule has 0 N–H and O–H groups in total. The fourth-order valence-electron chi connectivity index (χ4n) is 3.65. The van der Waals surface area contributed by atoms with Gasteiger partial charge in [0.05, 0.1) is 13.2 Å². The molecule has 0 atom stereocenters. The van der Waals surface area contributed by atoms with Gasteiger partial charge in [0.2, 0.25) is 0 Å². The third-order valence-corrected chi connectivity index (χ3v) is 6.55. The summed E-state index contributed by atoms with van der Waals surface area (Å²) in [5.41, 5.74) is 1.89. The molecule has 0 bridgehead atoms. The summed E-state index contributed by atoms with van der Waals surface area (Å²) in [6, 6.07) is 6.98. The van der Waals surface area contributed by atoms with Gasteiger partial charge in [-0.3, -0.25) is 0 Å². The molecule has 1 aliphatic carbocycles. The van der Waals surface area contributed by atoms with E-state index in [-0.39, 0.29) is 12.1 Å². The molecule has 1 aromatic rings. The van der Waals surface area contributed by atoms with Crippen LogP contribution in [0.5, 0.6) is 0 Å². The molecule has 0 radical (unpaired) electrons. The Balaban J connectivity index is 1.53. The second-order valence-electron chi connectivity index (χ2n) is 6.93. The third-order valence-electron chi connectivity index (χ3n) is 5.39. The van der Waals surface area contributed by atoms with Crippen LogP contribution >= 0.6 is 0 Å². The van der Waals surface area contributed by atoms with Gasteiger partial charge in [0.1, 0.15) is 5.82 Å². The molecule has 1 saturated carbocycles. The predicted octanol–water partition coefficient (Wildman–Crippen LogP) is 3.18. The highest BCUT2D eigenvalue weighted by atomic mass is 28.1. The molecule has 0 amide bonds. The van der Waals surface area contributed by atoms with Gasteiger partial charge in [-0.15, -0.1) is 0 Å². The number of rotatable bonds is 3. The molecular weight excluding hydrogens is 295 g/mol. The quantitative estimate of drug-likeness (QED) is 0.796. The monoisotopic (exact) mass is 322 g/mol. The molecule has 22 heavy (non-hydrogen) atoms. The first-order chi connectivity index (χ1) is 10.7. The average molecular weight is 322 g/mol. The summed E-state index contributed by atoms with van der Waals surface area (Å²) >= 11 is 0. The van der Waals surface area contributed by atoms with Gasteiger partial charge in [-0.2, -0.15) is 0 Å². The maximum Gasteiger partial charge on any atom is 0.160 e. The van der Waals surface area contributed by atoms with Gasteiger partial charge in [-0.25, -0.2) is 4.39 Å². The smallest absolute Gasteiger partial charge is 0.160 e. The van der Waals surface area contributed by atoms with E-state index in [4.69, 9.17) is 9.47 Å². The Morgan fingerprint density at radius 2 is 1.82 bits per heavy atom. The first-order valence-electron chi connectivity index (χ1n) is 8.66. The van der Waals surface area contributed by atoms with Crippen LogP contribution in [0.15, 0.2) is 18.2 Å². The third kappa shape index (κ3) is 3.61. The zero-order valence-electron chi connectivity index (χ0n) is 13.7. The van der Waals surface area contributed by atoms with Crippen LogP contribution in [0, 0.1) is 24.6 Å². The molecular formula is C18H27FO2Si. The van der Waals surface area contributed by atoms with Crippen molar-refractivity contribution in [2.75, 3.05) is 13.2 Å². The van der Waals surface area contributed by atoms with Gasteiger partial charge in [0.15, 0.2) is 6.29 Å². The Bertz CT molecular complexity index is 492. The van der Waals surface area contributed by atoms with Gasteiger partial charge in [-0.05, 0) is 55.7 Å². The summed E-state index contributed by atoms with van der Waals surface area (Å²) < 4.78 is 25.6. The average Bonchev–Trinajstić information content (AvgIpc) is 2.58. The number of hydrogen-bond acceptors (Lipinski definition) is 2. The topological polar surface area (TPSA) is 18.5 Å². The second-order valence-corrected chi connectivity index (χ2v) is 7.75. The van der Waals surface area contributed by atoms with E-state index in [1.165, 1.54) is 16.3 Å². The minimum absolute atomic E-state index is 0.000158. The summed E-state index contributed by atoms with van der Waals surface area (Å²) in [7, 11) is 1.22. The summed E-state index contributed by atoms with van der Waals surface area (Å²) in [5, 5.41) is 0. The van der Waals surface area contributed by atoms with Gasteiger partial charge < -0.3 is 9.47 Å². The minimum Gasteiger partial charge on any atom is -0.352 e. The van der Waals surface area contributed by atoms with Crippen molar-refractivity contribution in [2.24, 2.45) is 11.8 Å². The van der Waals surface area contributed by atoms with E-state index < -0.39 is 0 Å². The summed E-state index contributed by atoms with van der Waals surface area (Å²) in [4.78, 5) is 0. The van der Waals surface area contributed by atoms with Crippen LogP contribution in [0.1, 0.15) is 42.7 Å². The Labute approximate surface area is 135 Å². The maximum atomic E-state index is 13.7. The van der Waals surface area contributed by atoms with Crippen LogP contribution in [0.4, 0.5) is 4.39 Å². The maximum absolute atomic E-state index is 13.7. The van der Waals surface area contributed by atoms with Crippen LogP contribution in [-0.4, -0.2) is 29.7 Å². The summed E-state index contributed by atoms with van der Waals surface area (Å²) in [5.74, 6) is 1.55. The molecule has 0 unspecified atom stereocenters. The van der Waals surface area contributed by atoms with Crippen molar-refractivity contribution < 1.29 is 13.9 Å². The van der Waals surface area contributed by atoms with Crippen molar-refractivity contribution in [1.82, 2.24) is 0 Å². The lowest BCUT2D eigenvalue weighted by atomic mass is 9.78. The van der Waals surface area contributed by atoms with Crippen LogP contribution in [0.2, 0.25) is 6.04 Å². The molecule has 2 aliphatic rings. The Hall–Kier alpha value is -0.713. The molecule has 1 aliphatic heterocycles. The molecule has 0 spiro atoms. The van der Waals surface area contributed by atoms with Crippen molar-refractivity contribution in [3.05, 3.63) is 35.1 Å². The Morgan fingerprint density at radius 1 is 1.14 bits per heavy atom. The highest BCUT2D eigenvalue weighted by Crippen LogP contribution is 2.39. The lowest BCUT2D eigenvalue weighted by Crippen LogP contribution is -2.38. The number of aryl methyl sites for hydroxylation is 1. The van der Waals surface area contributed by atoms with Crippen LogP contribution < -0.4 is 0 Å². The number of halogens is 1. The highest BCUT2D eigenvalue weighted by molar-refractivity contribution is 6.08. The molecule has 1 aromatic carbocycles. The number of ether oxygens (including phenoxy) is 2. The molecule has 2 fully saturated rings. The van der Waals surface area contributed by atoms with Crippen molar-refractivity contribution in [3.63, 3.8) is 0 Å². The molecule has 1 heterocycles. The van der Waals surface area contributed by atoms with Crippen LogP contribution in [-0.2, 0) is 9.47 Å². The molecule has 0 aromatic heterocycles. The first kappa shape index (κ1) is 16.2. The molecule has 2 nitrogen and oxygen atoms in total. The van der Waals surface area contributed by atoms with E-state index in [0.717, 1.165) is 50.0 Å². The fourth-order valence-corrected chi connectivity index (χ4v) is 4.13. The highest BCUT2D eigenvalue weighted by Gasteiger charge is 2.32. The standard InChI is InChI=1S/C18H27FO2Si/c1-12-2-3-16(8-17(12)19)14-4-6-15(7-5-14)18-20-9-13(11-22)10-21-18/h2-3,8,13-15,18H,4-7,9-11H2,1,22H3. The van der Waals surface area contributed by atoms with E-state index in [0.29, 0.717) is 17.8 Å². The minimum atomic E-state index is -0.0762.